The maximum atomic E-state index is 13.5. The number of nitrogens with zero attached hydrogens (tertiary/aromatic N) is 3. The van der Waals surface area contributed by atoms with Crippen molar-refractivity contribution in [1.82, 2.24) is 14.9 Å². The first-order chi connectivity index (χ1) is 14.6. The first-order valence-corrected chi connectivity index (χ1v) is 11.0. The predicted molar refractivity (Wildman–Crippen MR) is 117 cm³/mol. The molecule has 2 aromatic carbocycles. The molecule has 6 nitrogen and oxygen atoms in total. The van der Waals surface area contributed by atoms with Gasteiger partial charge in [-0.05, 0) is 48.2 Å². The minimum Gasteiger partial charge on any atom is -0.325 e. The normalized spacial score (nSPS) is 17.8. The highest BCUT2D eigenvalue weighted by Gasteiger charge is 2.37. The highest BCUT2D eigenvalue weighted by atomic mass is 32.2. The van der Waals surface area contributed by atoms with Gasteiger partial charge in [-0.2, -0.15) is 0 Å². The Labute approximate surface area is 179 Å². The summed E-state index contributed by atoms with van der Waals surface area (Å²) in [6.45, 7) is 4.17. The van der Waals surface area contributed by atoms with Crippen LogP contribution in [0.2, 0.25) is 0 Å². The first kappa shape index (κ1) is 20.4. The largest absolute Gasteiger partial charge is 0.325 e. The molecule has 30 heavy (non-hydrogen) atoms. The molecule has 156 valence electrons. The van der Waals surface area contributed by atoms with Crippen molar-refractivity contribution in [2.75, 3.05) is 10.7 Å². The lowest BCUT2D eigenvalue weighted by molar-refractivity contribution is -0.116. The maximum absolute atomic E-state index is 13.5. The predicted octanol–water partition coefficient (Wildman–Crippen LogP) is 4.33. The van der Waals surface area contributed by atoms with Crippen LogP contribution in [0.4, 0.5) is 10.1 Å². The molecule has 4 rings (SSSR count). The monoisotopic (exact) mass is 425 g/mol. The Hall–Kier alpha value is -2.87. The number of nitrogens with one attached hydrogen (secondary N) is 2. The number of carbonyl (C=O) groups is 1. The molecule has 0 saturated carbocycles. The van der Waals surface area contributed by atoms with Gasteiger partial charge in [0.1, 0.15) is 11.1 Å². The molecule has 0 spiro atoms. The van der Waals surface area contributed by atoms with Crippen LogP contribution in [0.3, 0.4) is 0 Å². The van der Waals surface area contributed by atoms with Gasteiger partial charge in [0.2, 0.25) is 11.1 Å². The molecule has 2 heterocycles. The molecule has 0 saturated heterocycles. The summed E-state index contributed by atoms with van der Waals surface area (Å²) in [5, 5.41) is 11.7. The average Bonchev–Trinajstić information content (AvgIpc) is 3.16. The molecule has 1 aliphatic heterocycles. The van der Waals surface area contributed by atoms with E-state index in [1.165, 1.54) is 29.5 Å². The number of anilines is 1. The number of aryl methyl sites for hydroxylation is 2. The Balaban J connectivity index is 1.63. The van der Waals surface area contributed by atoms with E-state index in [4.69, 9.17) is 0 Å². The fraction of sp³-hybridized carbons (Fsp3) is 0.318. The van der Waals surface area contributed by atoms with Crippen molar-refractivity contribution >= 4 is 23.4 Å². The molecular weight excluding hydrogens is 401 g/mol. The summed E-state index contributed by atoms with van der Waals surface area (Å²) in [6, 6.07) is 13.7. The number of halogens is 1. The Morgan fingerprint density at radius 1 is 1.13 bits per heavy atom. The van der Waals surface area contributed by atoms with Crippen LogP contribution >= 0.6 is 11.8 Å². The number of rotatable bonds is 6. The fourth-order valence-electron chi connectivity index (χ4n) is 3.44. The molecule has 1 aromatic heterocycles. The molecule has 2 N–H and O–H groups in total. The minimum atomic E-state index is -0.493. The van der Waals surface area contributed by atoms with Gasteiger partial charge >= 0.3 is 0 Å². The highest BCUT2D eigenvalue weighted by Crippen LogP contribution is 2.37. The molecule has 3 aromatic rings. The van der Waals surface area contributed by atoms with E-state index >= 15 is 0 Å². The van der Waals surface area contributed by atoms with Crippen molar-refractivity contribution in [3.05, 3.63) is 71.3 Å². The van der Waals surface area contributed by atoms with Crippen molar-refractivity contribution in [2.24, 2.45) is 0 Å². The van der Waals surface area contributed by atoms with Crippen LogP contribution in [0.5, 0.6) is 0 Å². The van der Waals surface area contributed by atoms with E-state index in [-0.39, 0.29) is 17.8 Å². The number of amides is 1. The van der Waals surface area contributed by atoms with Gasteiger partial charge in [-0.1, -0.05) is 49.9 Å². The van der Waals surface area contributed by atoms with Crippen LogP contribution in [0.25, 0.3) is 0 Å². The van der Waals surface area contributed by atoms with Crippen LogP contribution in [0, 0.1) is 5.82 Å². The average molecular weight is 426 g/mol. The Morgan fingerprint density at radius 2 is 1.87 bits per heavy atom. The van der Waals surface area contributed by atoms with E-state index in [1.54, 1.807) is 12.1 Å². The smallest absolute Gasteiger partial charge is 0.240 e. The summed E-state index contributed by atoms with van der Waals surface area (Å²) in [7, 11) is 0. The zero-order valence-corrected chi connectivity index (χ0v) is 17.7. The number of carbonyl (C=O) groups excluding carboxylic acids is 1. The van der Waals surface area contributed by atoms with Gasteiger partial charge in [-0.3, -0.25) is 4.79 Å². The summed E-state index contributed by atoms with van der Waals surface area (Å²) < 4.78 is 15.3. The summed E-state index contributed by atoms with van der Waals surface area (Å²) in [6.07, 6.45) is 2.65. The molecule has 8 heteroatoms. The molecule has 0 radical (unpaired) electrons. The molecule has 0 unspecified atom stereocenters. The van der Waals surface area contributed by atoms with Crippen molar-refractivity contribution in [3.8, 4) is 0 Å². The molecule has 1 aliphatic rings. The Kier molecular flexibility index (Phi) is 6.03. The van der Waals surface area contributed by atoms with Gasteiger partial charge in [-0.15, -0.1) is 10.2 Å². The minimum absolute atomic E-state index is 0.141. The standard InChI is InChI=1S/C22H24FN5OS/c1-3-5-18-25-26-22-28(18)27-19(15-8-10-16(23)11-9-15)20(30-22)21(29)24-17-12-6-14(4-2)7-13-17/h6-13,19-20,27H,3-5H2,1-2H3,(H,24,29)/t19-,20-/m0/s1. The number of hydrogen-bond acceptors (Lipinski definition) is 5. The second-order valence-corrected chi connectivity index (χ2v) is 8.33. The number of benzene rings is 2. The van der Waals surface area contributed by atoms with Crippen LogP contribution < -0.4 is 10.7 Å². The molecule has 0 aliphatic carbocycles. The Morgan fingerprint density at radius 3 is 2.53 bits per heavy atom. The van der Waals surface area contributed by atoms with E-state index in [0.29, 0.717) is 5.16 Å². The van der Waals surface area contributed by atoms with Crippen molar-refractivity contribution in [2.45, 2.75) is 49.6 Å². The second kappa shape index (κ2) is 8.87. The third-order valence-electron chi connectivity index (χ3n) is 5.09. The second-order valence-electron chi connectivity index (χ2n) is 7.22. The van der Waals surface area contributed by atoms with Gasteiger partial charge in [-0.25, -0.2) is 9.07 Å². The maximum Gasteiger partial charge on any atom is 0.240 e. The number of aromatic nitrogens is 3. The first-order valence-electron chi connectivity index (χ1n) is 10.1. The van der Waals surface area contributed by atoms with Crippen molar-refractivity contribution < 1.29 is 9.18 Å². The lowest BCUT2D eigenvalue weighted by Gasteiger charge is -2.33. The van der Waals surface area contributed by atoms with E-state index < -0.39 is 5.25 Å². The number of thioether (sulfide) groups is 1. The van der Waals surface area contributed by atoms with Crippen LogP contribution in [-0.4, -0.2) is 26.0 Å². The van der Waals surface area contributed by atoms with E-state index in [0.717, 1.165) is 36.3 Å². The highest BCUT2D eigenvalue weighted by molar-refractivity contribution is 8.00. The zero-order chi connectivity index (χ0) is 21.1. The van der Waals surface area contributed by atoms with Crippen molar-refractivity contribution in [3.63, 3.8) is 0 Å². The quantitative estimate of drug-likeness (QED) is 0.615. The summed E-state index contributed by atoms with van der Waals surface area (Å²) in [4.78, 5) is 13.2. The molecule has 1 amide bonds. The number of fused-ring (bicyclic) bond motifs is 1. The number of hydrogen-bond donors (Lipinski definition) is 2. The molecular formula is C22H24FN5OS. The zero-order valence-electron chi connectivity index (χ0n) is 16.9. The third kappa shape index (κ3) is 4.18. The van der Waals surface area contributed by atoms with Gasteiger partial charge in [0.25, 0.3) is 0 Å². The SMILES string of the molecule is CCCc1nnc2n1N[C@@H](c1ccc(F)cc1)[C@@H](C(=O)Nc1ccc(CC)cc1)S2. The molecule has 0 fully saturated rings. The van der Waals surface area contributed by atoms with Crippen LogP contribution in [-0.2, 0) is 17.6 Å². The molecule has 0 bridgehead atoms. The van der Waals surface area contributed by atoms with E-state index in [2.05, 4.69) is 34.8 Å². The molecule has 2 atom stereocenters. The van der Waals surface area contributed by atoms with E-state index in [9.17, 15) is 9.18 Å². The summed E-state index contributed by atoms with van der Waals surface area (Å²) in [5.74, 6) is 0.370. The van der Waals surface area contributed by atoms with Crippen LogP contribution in [0.15, 0.2) is 53.7 Å². The van der Waals surface area contributed by atoms with Gasteiger partial charge in [0.15, 0.2) is 5.82 Å². The summed E-state index contributed by atoms with van der Waals surface area (Å²) >= 11 is 1.37. The lowest BCUT2D eigenvalue weighted by Crippen LogP contribution is -2.41. The fourth-order valence-corrected chi connectivity index (χ4v) is 4.54. The van der Waals surface area contributed by atoms with Crippen LogP contribution in [0.1, 0.15) is 43.3 Å². The van der Waals surface area contributed by atoms with Gasteiger partial charge in [0, 0.05) is 12.1 Å². The van der Waals surface area contributed by atoms with E-state index in [1.807, 2.05) is 28.9 Å². The van der Waals surface area contributed by atoms with Gasteiger partial charge in [0.05, 0.1) is 6.04 Å². The lowest BCUT2D eigenvalue weighted by atomic mass is 10.0. The Bertz CT molecular complexity index is 1020. The van der Waals surface area contributed by atoms with Gasteiger partial charge < -0.3 is 10.7 Å². The third-order valence-corrected chi connectivity index (χ3v) is 6.31. The summed E-state index contributed by atoms with van der Waals surface area (Å²) in [5.41, 5.74) is 6.17. The topological polar surface area (TPSA) is 71.8 Å². The van der Waals surface area contributed by atoms with Crippen molar-refractivity contribution in [1.29, 1.82) is 0 Å².